The standard InChI is InChI=1S/C26H24N4O5S/c1-35-26(32)22-16-5-2-3-8-20(16)36-25(22)29-18-6-4-7-19(31)23(18)21(17(13-27)24(29)28)14-9-11-15(12-10-14)30(33)34/h9-12,21H,2-8,28H2,1H3. The van der Waals surface area contributed by atoms with Crippen molar-refractivity contribution < 1.29 is 19.2 Å². The molecule has 2 heterocycles. The molecule has 0 saturated heterocycles. The number of Topliss-reactive ketones (excluding diaryl/α,β-unsaturated/α-hetero) is 1. The number of anilines is 1. The molecule has 1 aliphatic heterocycles. The first-order valence-electron chi connectivity index (χ1n) is 11.8. The minimum atomic E-state index is -0.731. The Morgan fingerprint density at radius 2 is 1.92 bits per heavy atom. The molecule has 1 aromatic heterocycles. The van der Waals surface area contributed by atoms with Gasteiger partial charge in [0.25, 0.3) is 5.69 Å². The number of allylic oxidation sites excluding steroid dienone is 3. The zero-order valence-corrected chi connectivity index (χ0v) is 20.5. The smallest absolute Gasteiger partial charge is 0.341 e. The summed E-state index contributed by atoms with van der Waals surface area (Å²) in [5.74, 6) is -1.12. The number of hydrogen-bond donors (Lipinski definition) is 1. The summed E-state index contributed by atoms with van der Waals surface area (Å²) in [6.45, 7) is 0. The van der Waals surface area contributed by atoms with Crippen LogP contribution >= 0.6 is 11.3 Å². The van der Waals surface area contributed by atoms with Gasteiger partial charge in [0, 0.05) is 34.7 Å². The number of nitrogens with two attached hydrogens (primary N) is 1. The second-order valence-electron chi connectivity index (χ2n) is 9.05. The van der Waals surface area contributed by atoms with E-state index >= 15 is 0 Å². The zero-order valence-electron chi connectivity index (χ0n) is 19.7. The Morgan fingerprint density at radius 1 is 1.19 bits per heavy atom. The van der Waals surface area contributed by atoms with Crippen LogP contribution in [-0.4, -0.2) is 23.8 Å². The van der Waals surface area contributed by atoms with Crippen molar-refractivity contribution in [3.05, 3.63) is 78.6 Å². The number of thiophene rings is 1. The highest BCUT2D eigenvalue weighted by Gasteiger charge is 2.42. The van der Waals surface area contributed by atoms with Gasteiger partial charge in [-0.05, 0) is 49.7 Å². The minimum absolute atomic E-state index is 0.0808. The van der Waals surface area contributed by atoms with Gasteiger partial charge >= 0.3 is 5.97 Å². The Kier molecular flexibility index (Phi) is 6.10. The number of carbonyl (C=O) groups is 2. The predicted molar refractivity (Wildman–Crippen MR) is 133 cm³/mol. The zero-order chi connectivity index (χ0) is 25.6. The monoisotopic (exact) mass is 504 g/mol. The van der Waals surface area contributed by atoms with E-state index in [9.17, 15) is 25.0 Å². The van der Waals surface area contributed by atoms with E-state index in [0.29, 0.717) is 46.7 Å². The van der Waals surface area contributed by atoms with Crippen LogP contribution in [-0.2, 0) is 22.4 Å². The van der Waals surface area contributed by atoms with Crippen molar-refractivity contribution in [2.75, 3.05) is 12.0 Å². The van der Waals surface area contributed by atoms with Crippen molar-refractivity contribution in [2.45, 2.75) is 50.9 Å². The van der Waals surface area contributed by atoms with E-state index in [4.69, 9.17) is 10.5 Å². The number of nitrogens with zero attached hydrogens (tertiary/aromatic N) is 3. The van der Waals surface area contributed by atoms with Gasteiger partial charge in [-0.1, -0.05) is 12.1 Å². The molecule has 2 N–H and O–H groups in total. The number of nitro benzene ring substituents is 1. The Morgan fingerprint density at radius 3 is 2.58 bits per heavy atom. The van der Waals surface area contributed by atoms with Crippen LogP contribution in [0.4, 0.5) is 10.7 Å². The highest BCUT2D eigenvalue weighted by Crippen LogP contribution is 2.50. The number of hydrogen-bond acceptors (Lipinski definition) is 9. The number of nitro groups is 1. The van der Waals surface area contributed by atoms with Gasteiger partial charge in [0.05, 0.1) is 35.2 Å². The molecule has 1 unspecified atom stereocenters. The third kappa shape index (κ3) is 3.67. The van der Waals surface area contributed by atoms with E-state index in [1.54, 1.807) is 17.0 Å². The average Bonchev–Trinajstić information content (AvgIpc) is 3.26. The Hall–Kier alpha value is -3.97. The number of ketones is 1. The molecule has 2 aliphatic carbocycles. The minimum Gasteiger partial charge on any atom is -0.465 e. The first kappa shape index (κ1) is 23.8. The Labute approximate surface area is 211 Å². The number of ether oxygens (including phenoxy) is 1. The van der Waals surface area contributed by atoms with Crippen molar-refractivity contribution in [1.82, 2.24) is 0 Å². The van der Waals surface area contributed by atoms with Gasteiger partial charge in [-0.15, -0.1) is 11.3 Å². The number of nitriles is 1. The van der Waals surface area contributed by atoms with E-state index in [1.807, 2.05) is 0 Å². The molecule has 2 aromatic rings. The van der Waals surface area contributed by atoms with E-state index < -0.39 is 16.8 Å². The van der Waals surface area contributed by atoms with Gasteiger partial charge in [0.15, 0.2) is 5.78 Å². The van der Waals surface area contributed by atoms with Gasteiger partial charge in [0.1, 0.15) is 10.8 Å². The molecule has 10 heteroatoms. The summed E-state index contributed by atoms with van der Waals surface area (Å²) in [6, 6.07) is 8.06. The molecular weight excluding hydrogens is 480 g/mol. The largest absolute Gasteiger partial charge is 0.465 e. The molecule has 0 bridgehead atoms. The fourth-order valence-corrected chi connectivity index (χ4v) is 6.88. The lowest BCUT2D eigenvalue weighted by Gasteiger charge is -2.39. The molecule has 184 valence electrons. The van der Waals surface area contributed by atoms with E-state index in [2.05, 4.69) is 6.07 Å². The van der Waals surface area contributed by atoms with Crippen LogP contribution in [0.5, 0.6) is 0 Å². The van der Waals surface area contributed by atoms with Crippen molar-refractivity contribution in [3.8, 4) is 6.07 Å². The maximum absolute atomic E-state index is 13.3. The van der Waals surface area contributed by atoms with Crippen molar-refractivity contribution in [1.29, 1.82) is 5.26 Å². The van der Waals surface area contributed by atoms with Crippen LogP contribution in [0.2, 0.25) is 0 Å². The van der Waals surface area contributed by atoms with Gasteiger partial charge in [-0.3, -0.25) is 19.8 Å². The fraction of sp³-hybridized carbons (Fsp3) is 0.346. The normalized spacial score (nSPS) is 19.5. The molecule has 0 spiro atoms. The number of benzene rings is 1. The number of esters is 1. The van der Waals surface area contributed by atoms with Gasteiger partial charge in [-0.2, -0.15) is 5.26 Å². The van der Waals surface area contributed by atoms with Gasteiger partial charge < -0.3 is 10.5 Å². The molecule has 5 rings (SSSR count). The molecule has 1 atom stereocenters. The van der Waals surface area contributed by atoms with Crippen LogP contribution in [0.1, 0.15) is 64.4 Å². The molecule has 36 heavy (non-hydrogen) atoms. The van der Waals surface area contributed by atoms with Crippen LogP contribution in [0.3, 0.4) is 0 Å². The molecular formula is C26H24N4O5S. The predicted octanol–water partition coefficient (Wildman–Crippen LogP) is 4.63. The number of non-ortho nitro benzene ring substituents is 1. The second-order valence-corrected chi connectivity index (χ2v) is 10.1. The Bertz CT molecular complexity index is 1400. The van der Waals surface area contributed by atoms with Crippen molar-refractivity contribution >= 4 is 33.8 Å². The number of rotatable bonds is 4. The quantitative estimate of drug-likeness (QED) is 0.361. The summed E-state index contributed by atoms with van der Waals surface area (Å²) in [6.07, 6.45) is 5.10. The molecule has 0 fully saturated rings. The highest BCUT2D eigenvalue weighted by molar-refractivity contribution is 7.16. The third-order valence-electron chi connectivity index (χ3n) is 7.10. The van der Waals surface area contributed by atoms with Crippen molar-refractivity contribution in [2.24, 2.45) is 5.73 Å². The second kappa shape index (κ2) is 9.24. The molecule has 0 radical (unpaired) electrons. The lowest BCUT2D eigenvalue weighted by Crippen LogP contribution is -2.39. The number of carbonyl (C=O) groups excluding carboxylic acids is 2. The lowest BCUT2D eigenvalue weighted by atomic mass is 9.75. The van der Waals surface area contributed by atoms with E-state index in [-0.39, 0.29) is 22.9 Å². The van der Waals surface area contributed by atoms with E-state index in [1.165, 1.54) is 30.6 Å². The summed E-state index contributed by atoms with van der Waals surface area (Å²) >= 11 is 1.47. The van der Waals surface area contributed by atoms with Crippen LogP contribution in [0.25, 0.3) is 0 Å². The summed E-state index contributed by atoms with van der Waals surface area (Å²) < 4.78 is 5.14. The molecule has 1 aromatic carbocycles. The van der Waals surface area contributed by atoms with E-state index in [0.717, 1.165) is 36.1 Å². The van der Waals surface area contributed by atoms with Crippen LogP contribution < -0.4 is 10.6 Å². The van der Waals surface area contributed by atoms with Crippen LogP contribution in [0, 0.1) is 21.4 Å². The summed E-state index contributed by atoms with van der Waals surface area (Å²) in [5.41, 5.74) is 9.91. The van der Waals surface area contributed by atoms with Gasteiger partial charge in [-0.25, -0.2) is 4.79 Å². The third-order valence-corrected chi connectivity index (χ3v) is 8.37. The van der Waals surface area contributed by atoms with Crippen LogP contribution in [0.15, 0.2) is 46.9 Å². The first-order chi connectivity index (χ1) is 17.4. The molecule has 9 nitrogen and oxygen atoms in total. The molecule has 0 amide bonds. The fourth-order valence-electron chi connectivity index (χ4n) is 5.46. The topological polar surface area (TPSA) is 140 Å². The highest BCUT2D eigenvalue weighted by atomic mass is 32.1. The lowest BCUT2D eigenvalue weighted by molar-refractivity contribution is -0.384. The molecule has 0 saturated carbocycles. The first-order valence-corrected chi connectivity index (χ1v) is 12.6. The number of aryl methyl sites for hydroxylation is 1. The maximum atomic E-state index is 13.3. The Balaban J connectivity index is 1.74. The average molecular weight is 505 g/mol. The summed E-state index contributed by atoms with van der Waals surface area (Å²) in [5, 5.41) is 22.0. The summed E-state index contributed by atoms with van der Waals surface area (Å²) in [4.78, 5) is 39.8. The number of fused-ring (bicyclic) bond motifs is 1. The van der Waals surface area contributed by atoms with Crippen molar-refractivity contribution in [3.63, 3.8) is 0 Å². The van der Waals surface area contributed by atoms with Gasteiger partial charge in [0.2, 0.25) is 0 Å². The summed E-state index contributed by atoms with van der Waals surface area (Å²) in [7, 11) is 1.34. The number of methoxy groups -OCH3 is 1. The maximum Gasteiger partial charge on any atom is 0.341 e. The molecule has 3 aliphatic rings. The SMILES string of the molecule is COC(=O)c1c(N2C(N)=C(C#N)C(c3ccc([N+](=O)[O-])cc3)C3=C2CCCC3=O)sc2c1CCCC2.